The van der Waals surface area contributed by atoms with Gasteiger partial charge in [0, 0.05) is 6.54 Å². The highest BCUT2D eigenvalue weighted by atomic mass is 32.1. The molecule has 106 valence electrons. The molecule has 7 nitrogen and oxygen atoms in total. The van der Waals surface area contributed by atoms with Gasteiger partial charge < -0.3 is 10.4 Å². The van der Waals surface area contributed by atoms with Crippen molar-refractivity contribution in [2.45, 2.75) is 25.5 Å². The topological polar surface area (TPSA) is 92.9 Å². The minimum atomic E-state index is -0.440. The molecule has 0 bridgehead atoms. The van der Waals surface area contributed by atoms with E-state index in [9.17, 15) is 9.90 Å². The monoisotopic (exact) mass is 293 g/mol. The molecule has 1 atom stereocenters. The summed E-state index contributed by atoms with van der Waals surface area (Å²) >= 11 is 1.52. The minimum absolute atomic E-state index is 0.00968. The van der Waals surface area contributed by atoms with E-state index in [0.29, 0.717) is 11.7 Å². The number of carbonyl (C=O) groups is 1. The quantitative estimate of drug-likeness (QED) is 0.798. The van der Waals surface area contributed by atoms with Crippen LogP contribution in [0, 0.1) is 5.92 Å². The Labute approximate surface area is 119 Å². The standard InChI is InChI=1S/C12H15N5O2S/c18-9(8-3-4-8)6-13-11(19)7-17-15-12(14-16-17)10-2-1-5-20-10/h1-2,5,8-9,18H,3-4,6-7H2,(H,13,19). The van der Waals surface area contributed by atoms with Gasteiger partial charge in [-0.3, -0.25) is 4.79 Å². The van der Waals surface area contributed by atoms with Crippen molar-refractivity contribution >= 4 is 17.2 Å². The third-order valence-electron chi connectivity index (χ3n) is 3.15. The Hall–Kier alpha value is -1.80. The van der Waals surface area contributed by atoms with Gasteiger partial charge in [-0.25, -0.2) is 0 Å². The SMILES string of the molecule is O=C(Cn1nnc(-c2cccs2)n1)NCC(O)C1CC1. The molecule has 1 amide bonds. The van der Waals surface area contributed by atoms with Crippen LogP contribution in [-0.4, -0.2) is 43.9 Å². The van der Waals surface area contributed by atoms with E-state index in [1.54, 1.807) is 0 Å². The van der Waals surface area contributed by atoms with Crippen molar-refractivity contribution in [3.8, 4) is 10.7 Å². The van der Waals surface area contributed by atoms with Crippen LogP contribution in [0.3, 0.4) is 0 Å². The first-order valence-electron chi connectivity index (χ1n) is 6.49. The molecule has 0 aromatic carbocycles. The van der Waals surface area contributed by atoms with Gasteiger partial charge in [-0.1, -0.05) is 6.07 Å². The van der Waals surface area contributed by atoms with Gasteiger partial charge in [0.05, 0.1) is 11.0 Å². The zero-order valence-corrected chi connectivity index (χ0v) is 11.6. The highest BCUT2D eigenvalue weighted by Gasteiger charge is 2.29. The van der Waals surface area contributed by atoms with E-state index in [0.717, 1.165) is 17.7 Å². The zero-order chi connectivity index (χ0) is 13.9. The van der Waals surface area contributed by atoms with Crippen LogP contribution in [0.15, 0.2) is 17.5 Å². The van der Waals surface area contributed by atoms with Gasteiger partial charge in [0.25, 0.3) is 0 Å². The summed E-state index contributed by atoms with van der Waals surface area (Å²) < 4.78 is 0. The van der Waals surface area contributed by atoms with E-state index < -0.39 is 6.10 Å². The van der Waals surface area contributed by atoms with E-state index >= 15 is 0 Å². The molecule has 1 fully saturated rings. The Balaban J connectivity index is 1.51. The lowest BCUT2D eigenvalue weighted by Crippen LogP contribution is -2.35. The number of tetrazole rings is 1. The van der Waals surface area contributed by atoms with Crippen molar-refractivity contribution in [1.29, 1.82) is 0 Å². The van der Waals surface area contributed by atoms with Crippen LogP contribution in [0.2, 0.25) is 0 Å². The summed E-state index contributed by atoms with van der Waals surface area (Å²) in [6.45, 7) is 0.297. The number of nitrogens with zero attached hydrogens (tertiary/aromatic N) is 4. The molecule has 0 aliphatic heterocycles. The molecule has 0 spiro atoms. The third kappa shape index (κ3) is 3.20. The Morgan fingerprint density at radius 1 is 1.60 bits per heavy atom. The van der Waals surface area contributed by atoms with Gasteiger partial charge in [0.1, 0.15) is 6.54 Å². The van der Waals surface area contributed by atoms with Crippen LogP contribution in [0.5, 0.6) is 0 Å². The molecule has 2 aromatic rings. The molecule has 2 heterocycles. The molecule has 0 radical (unpaired) electrons. The van der Waals surface area contributed by atoms with E-state index in [1.807, 2.05) is 17.5 Å². The first-order chi connectivity index (χ1) is 9.72. The number of nitrogens with one attached hydrogen (secondary N) is 1. The molecular weight excluding hydrogens is 278 g/mol. The summed E-state index contributed by atoms with van der Waals surface area (Å²) in [6.07, 6.45) is 1.65. The molecule has 1 aliphatic carbocycles. The van der Waals surface area contributed by atoms with Crippen LogP contribution >= 0.6 is 11.3 Å². The van der Waals surface area contributed by atoms with Gasteiger partial charge in [-0.2, -0.15) is 4.80 Å². The molecule has 2 aromatic heterocycles. The van der Waals surface area contributed by atoms with Gasteiger partial charge in [-0.05, 0) is 35.4 Å². The maximum atomic E-state index is 11.7. The predicted octanol–water partition coefficient (Wildman–Crippen LogP) is 0.289. The van der Waals surface area contributed by atoms with E-state index in [4.69, 9.17) is 0 Å². The average molecular weight is 293 g/mol. The fourth-order valence-corrected chi connectivity index (χ4v) is 2.51. The third-order valence-corrected chi connectivity index (χ3v) is 4.02. The molecule has 3 rings (SSSR count). The van der Waals surface area contributed by atoms with Crippen molar-refractivity contribution < 1.29 is 9.90 Å². The predicted molar refractivity (Wildman–Crippen MR) is 72.9 cm³/mol. The number of rotatable bonds is 6. The Morgan fingerprint density at radius 2 is 2.45 bits per heavy atom. The highest BCUT2D eigenvalue weighted by molar-refractivity contribution is 7.13. The maximum Gasteiger partial charge on any atom is 0.243 e. The molecule has 0 saturated heterocycles. The van der Waals surface area contributed by atoms with Crippen LogP contribution in [0.4, 0.5) is 0 Å². The Kier molecular flexibility index (Phi) is 3.75. The van der Waals surface area contributed by atoms with E-state index in [-0.39, 0.29) is 19.0 Å². The first-order valence-corrected chi connectivity index (χ1v) is 7.37. The van der Waals surface area contributed by atoms with Gasteiger partial charge in [0.2, 0.25) is 11.7 Å². The van der Waals surface area contributed by atoms with Crippen LogP contribution < -0.4 is 5.32 Å². The summed E-state index contributed by atoms with van der Waals surface area (Å²) in [5.74, 6) is 0.649. The van der Waals surface area contributed by atoms with Crippen molar-refractivity contribution in [2.24, 2.45) is 5.92 Å². The molecule has 1 saturated carbocycles. The lowest BCUT2D eigenvalue weighted by atomic mass is 10.2. The lowest BCUT2D eigenvalue weighted by Gasteiger charge is -2.09. The van der Waals surface area contributed by atoms with Gasteiger partial charge in [0.15, 0.2) is 0 Å². The van der Waals surface area contributed by atoms with Crippen molar-refractivity contribution in [3.63, 3.8) is 0 Å². The molecule has 1 unspecified atom stereocenters. The highest BCUT2D eigenvalue weighted by Crippen LogP contribution is 2.32. The molecule has 20 heavy (non-hydrogen) atoms. The van der Waals surface area contributed by atoms with Crippen molar-refractivity contribution in [2.75, 3.05) is 6.54 Å². The molecule has 2 N–H and O–H groups in total. The second-order valence-corrected chi connectivity index (χ2v) is 5.78. The zero-order valence-electron chi connectivity index (χ0n) is 10.8. The summed E-state index contributed by atoms with van der Waals surface area (Å²) in [5, 5.41) is 26.2. The second kappa shape index (κ2) is 5.68. The smallest absolute Gasteiger partial charge is 0.243 e. The molecule has 8 heteroatoms. The van der Waals surface area contributed by atoms with Gasteiger partial charge in [-0.15, -0.1) is 21.5 Å². The largest absolute Gasteiger partial charge is 0.391 e. The van der Waals surface area contributed by atoms with Gasteiger partial charge >= 0.3 is 0 Å². The summed E-state index contributed by atoms with van der Waals surface area (Å²) in [4.78, 5) is 13.9. The van der Waals surface area contributed by atoms with Crippen LogP contribution in [0.1, 0.15) is 12.8 Å². The first kappa shape index (κ1) is 13.2. The minimum Gasteiger partial charge on any atom is -0.391 e. The lowest BCUT2D eigenvalue weighted by molar-refractivity contribution is -0.122. The number of amides is 1. The number of carbonyl (C=O) groups excluding carboxylic acids is 1. The Bertz CT molecular complexity index is 578. The fourth-order valence-electron chi connectivity index (χ4n) is 1.87. The number of aromatic nitrogens is 4. The van der Waals surface area contributed by atoms with E-state index in [1.165, 1.54) is 16.1 Å². The summed E-state index contributed by atoms with van der Waals surface area (Å²) in [6, 6.07) is 3.81. The summed E-state index contributed by atoms with van der Waals surface area (Å²) in [7, 11) is 0. The number of thiophene rings is 1. The maximum absolute atomic E-state index is 11.7. The van der Waals surface area contributed by atoms with Crippen molar-refractivity contribution in [1.82, 2.24) is 25.5 Å². The number of hydrogen-bond acceptors (Lipinski definition) is 6. The van der Waals surface area contributed by atoms with Crippen molar-refractivity contribution in [3.05, 3.63) is 17.5 Å². The summed E-state index contributed by atoms with van der Waals surface area (Å²) in [5.41, 5.74) is 0. The van der Waals surface area contributed by atoms with Crippen LogP contribution in [-0.2, 0) is 11.3 Å². The van der Waals surface area contributed by atoms with E-state index in [2.05, 4.69) is 20.7 Å². The van der Waals surface area contributed by atoms with Crippen LogP contribution in [0.25, 0.3) is 10.7 Å². The normalized spacial score (nSPS) is 16.1. The number of aliphatic hydroxyl groups is 1. The number of hydrogen-bond donors (Lipinski definition) is 2. The number of aliphatic hydroxyl groups excluding tert-OH is 1. The molecule has 1 aliphatic rings. The Morgan fingerprint density at radius 3 is 3.15 bits per heavy atom. The fraction of sp³-hybridized carbons (Fsp3) is 0.500. The molecular formula is C12H15N5O2S. The second-order valence-electron chi connectivity index (χ2n) is 4.83. The average Bonchev–Trinajstić information content (AvgIpc) is 2.96.